The molecule has 1 aliphatic heterocycles. The van der Waals surface area contributed by atoms with E-state index in [2.05, 4.69) is 10.9 Å². The second-order valence-corrected chi connectivity index (χ2v) is 7.52. The summed E-state index contributed by atoms with van der Waals surface area (Å²) < 4.78 is 5.05. The van der Waals surface area contributed by atoms with Crippen LogP contribution in [0.5, 0.6) is 0 Å². The second-order valence-electron chi connectivity index (χ2n) is 7.52. The van der Waals surface area contributed by atoms with Gasteiger partial charge in [0.25, 0.3) is 11.8 Å². The Hall–Kier alpha value is -3.23. The number of nitrogens with one attached hydrogen (secondary N) is 2. The van der Waals surface area contributed by atoms with Crippen molar-refractivity contribution in [3.63, 3.8) is 0 Å². The average Bonchev–Trinajstić information content (AvgIpc) is 3.01. The zero-order valence-corrected chi connectivity index (χ0v) is 16.8. The van der Waals surface area contributed by atoms with E-state index < -0.39 is 23.9 Å². The largest absolute Gasteiger partial charge is 0.452 e. The molecule has 1 aromatic rings. The molecule has 2 aliphatic rings. The van der Waals surface area contributed by atoms with Crippen molar-refractivity contribution in [3.8, 4) is 0 Å². The molecule has 3 atom stereocenters. The number of likely N-dealkylation sites (tertiary alicyclic amines) is 1. The number of hydrogen-bond acceptors (Lipinski definition) is 6. The van der Waals surface area contributed by atoms with Crippen LogP contribution in [-0.4, -0.2) is 47.1 Å². The Morgan fingerprint density at radius 3 is 2.23 bits per heavy atom. The van der Waals surface area contributed by atoms with E-state index in [0.29, 0.717) is 18.4 Å². The number of rotatable bonds is 6. The van der Waals surface area contributed by atoms with Crippen molar-refractivity contribution in [1.29, 1.82) is 0 Å². The molecule has 30 heavy (non-hydrogen) atoms. The smallest absolute Gasteiger partial charge is 0.308 e. The number of amides is 4. The fourth-order valence-electron chi connectivity index (χ4n) is 3.85. The van der Waals surface area contributed by atoms with Gasteiger partial charge in [-0.1, -0.05) is 31.0 Å². The van der Waals surface area contributed by atoms with E-state index in [1.165, 1.54) is 6.92 Å². The van der Waals surface area contributed by atoms with E-state index in [9.17, 15) is 24.0 Å². The SMILES string of the molecule is C[C@@H](OC(=O)CCN1C(=O)[C@H]2CCCC[C@H]2C1=O)C(=O)NNC(=O)c1ccccc1. The summed E-state index contributed by atoms with van der Waals surface area (Å²) in [7, 11) is 0. The highest BCUT2D eigenvalue weighted by molar-refractivity contribution is 6.05. The van der Waals surface area contributed by atoms with Crippen molar-refractivity contribution in [2.24, 2.45) is 11.8 Å². The Morgan fingerprint density at radius 2 is 1.63 bits per heavy atom. The first-order valence-electron chi connectivity index (χ1n) is 10.1. The number of hydrogen-bond donors (Lipinski definition) is 2. The van der Waals surface area contributed by atoms with Crippen LogP contribution < -0.4 is 10.9 Å². The van der Waals surface area contributed by atoms with Gasteiger partial charge in [0.1, 0.15) is 0 Å². The minimum absolute atomic E-state index is 0.0530. The number of carbonyl (C=O) groups is 5. The van der Waals surface area contributed by atoms with Crippen molar-refractivity contribution in [2.45, 2.75) is 45.1 Å². The average molecular weight is 415 g/mol. The Morgan fingerprint density at radius 1 is 1.03 bits per heavy atom. The highest BCUT2D eigenvalue weighted by Gasteiger charge is 2.47. The quantitative estimate of drug-likeness (QED) is 0.405. The Kier molecular flexibility index (Phi) is 6.81. The molecular formula is C21H25N3O6. The van der Waals surface area contributed by atoms with Gasteiger partial charge in [0.2, 0.25) is 11.8 Å². The van der Waals surface area contributed by atoms with E-state index in [-0.39, 0.29) is 36.6 Å². The maximum absolute atomic E-state index is 12.4. The number of nitrogens with zero attached hydrogens (tertiary/aromatic N) is 1. The Bertz CT molecular complexity index is 816. The van der Waals surface area contributed by atoms with E-state index >= 15 is 0 Å². The molecule has 160 valence electrons. The van der Waals surface area contributed by atoms with Crippen LogP contribution in [0.25, 0.3) is 0 Å². The number of fused-ring (bicyclic) bond motifs is 1. The first-order chi connectivity index (χ1) is 14.4. The van der Waals surface area contributed by atoms with Gasteiger partial charge < -0.3 is 4.74 Å². The molecular weight excluding hydrogens is 390 g/mol. The monoisotopic (exact) mass is 415 g/mol. The molecule has 9 heteroatoms. The molecule has 0 radical (unpaired) electrons. The van der Waals surface area contributed by atoms with Gasteiger partial charge in [-0.15, -0.1) is 0 Å². The van der Waals surface area contributed by atoms with Gasteiger partial charge in [-0.05, 0) is 31.9 Å². The number of ether oxygens (including phenoxy) is 1. The lowest BCUT2D eigenvalue weighted by atomic mass is 9.81. The third-order valence-electron chi connectivity index (χ3n) is 5.48. The predicted octanol–water partition coefficient (Wildman–Crippen LogP) is 0.945. The van der Waals surface area contributed by atoms with Crippen LogP contribution in [0.3, 0.4) is 0 Å². The lowest BCUT2D eigenvalue weighted by Crippen LogP contribution is -2.46. The minimum Gasteiger partial charge on any atom is -0.452 e. The summed E-state index contributed by atoms with van der Waals surface area (Å²) in [6, 6.07) is 8.30. The molecule has 1 aromatic carbocycles. The lowest BCUT2D eigenvalue weighted by molar-refractivity contribution is -0.155. The summed E-state index contributed by atoms with van der Waals surface area (Å²) >= 11 is 0. The molecule has 3 rings (SSSR count). The standard InChI is InChI=1S/C21H25N3O6/c1-13(18(26)22-23-19(27)14-7-3-2-4-8-14)30-17(25)11-12-24-20(28)15-9-5-6-10-16(15)21(24)29/h2-4,7-8,13,15-16H,5-6,9-12H2,1H3,(H,22,26)(H,23,27)/t13-,15-,16+/m1/s1. The van der Waals surface area contributed by atoms with Crippen molar-refractivity contribution in [3.05, 3.63) is 35.9 Å². The lowest BCUT2D eigenvalue weighted by Gasteiger charge is -2.19. The zero-order valence-electron chi connectivity index (χ0n) is 16.8. The summed E-state index contributed by atoms with van der Waals surface area (Å²) in [5.41, 5.74) is 4.80. The van der Waals surface area contributed by atoms with Gasteiger partial charge >= 0.3 is 5.97 Å². The van der Waals surface area contributed by atoms with Gasteiger partial charge in [-0.2, -0.15) is 0 Å². The molecule has 2 fully saturated rings. The van der Waals surface area contributed by atoms with E-state index in [1.807, 2.05) is 0 Å². The summed E-state index contributed by atoms with van der Waals surface area (Å²) in [6.07, 6.45) is 1.95. The summed E-state index contributed by atoms with van der Waals surface area (Å²) in [5.74, 6) is -2.87. The fraction of sp³-hybridized carbons (Fsp3) is 0.476. The molecule has 0 spiro atoms. The van der Waals surface area contributed by atoms with Crippen molar-refractivity contribution < 1.29 is 28.7 Å². The predicted molar refractivity (Wildman–Crippen MR) is 104 cm³/mol. The molecule has 1 saturated heterocycles. The molecule has 2 N–H and O–H groups in total. The number of hydrazine groups is 1. The van der Waals surface area contributed by atoms with Crippen molar-refractivity contribution >= 4 is 29.6 Å². The van der Waals surface area contributed by atoms with E-state index in [0.717, 1.165) is 17.7 Å². The van der Waals surface area contributed by atoms with Crippen molar-refractivity contribution in [2.75, 3.05) is 6.54 Å². The molecule has 4 amide bonds. The maximum Gasteiger partial charge on any atom is 0.308 e. The first kappa shape index (κ1) is 21.5. The Balaban J connectivity index is 1.42. The first-order valence-corrected chi connectivity index (χ1v) is 10.1. The summed E-state index contributed by atoms with van der Waals surface area (Å²) in [5, 5.41) is 0. The fourth-order valence-corrected chi connectivity index (χ4v) is 3.85. The van der Waals surface area contributed by atoms with Gasteiger partial charge in [0.05, 0.1) is 18.3 Å². The topological polar surface area (TPSA) is 122 Å². The van der Waals surface area contributed by atoms with Crippen LogP contribution >= 0.6 is 0 Å². The number of imide groups is 1. The van der Waals surface area contributed by atoms with Crippen LogP contribution in [0.1, 0.15) is 49.4 Å². The molecule has 1 aliphatic carbocycles. The third-order valence-corrected chi connectivity index (χ3v) is 5.48. The number of esters is 1. The van der Waals surface area contributed by atoms with Crippen molar-refractivity contribution in [1.82, 2.24) is 15.8 Å². The van der Waals surface area contributed by atoms with E-state index in [1.54, 1.807) is 30.3 Å². The normalized spacial score (nSPS) is 21.6. The Labute approximate surface area is 174 Å². The molecule has 1 saturated carbocycles. The van der Waals surface area contributed by atoms with Gasteiger partial charge in [0.15, 0.2) is 6.10 Å². The van der Waals surface area contributed by atoms with Gasteiger partial charge in [0, 0.05) is 12.1 Å². The molecule has 0 aromatic heterocycles. The molecule has 0 unspecified atom stereocenters. The zero-order chi connectivity index (χ0) is 21.7. The number of carbonyl (C=O) groups excluding carboxylic acids is 5. The summed E-state index contributed by atoms with van der Waals surface area (Å²) in [6.45, 7) is 1.31. The molecule has 9 nitrogen and oxygen atoms in total. The van der Waals surface area contributed by atoms with Gasteiger partial charge in [-0.3, -0.25) is 39.7 Å². The van der Waals surface area contributed by atoms with Gasteiger partial charge in [-0.25, -0.2) is 0 Å². The maximum atomic E-state index is 12.4. The van der Waals surface area contributed by atoms with Crippen LogP contribution in [0.2, 0.25) is 0 Å². The second kappa shape index (κ2) is 9.51. The highest BCUT2D eigenvalue weighted by atomic mass is 16.5. The third kappa shape index (κ3) is 4.84. The van der Waals surface area contributed by atoms with E-state index in [4.69, 9.17) is 4.74 Å². The van der Waals surface area contributed by atoms with Crippen LogP contribution in [0.4, 0.5) is 0 Å². The number of benzene rings is 1. The van der Waals surface area contributed by atoms with Crippen LogP contribution in [0, 0.1) is 11.8 Å². The van der Waals surface area contributed by atoms with Crippen LogP contribution in [0.15, 0.2) is 30.3 Å². The van der Waals surface area contributed by atoms with Crippen LogP contribution in [-0.2, 0) is 23.9 Å². The molecule has 0 bridgehead atoms. The summed E-state index contributed by atoms with van der Waals surface area (Å²) in [4.78, 5) is 62.0. The highest BCUT2D eigenvalue weighted by Crippen LogP contribution is 2.37. The molecule has 1 heterocycles. The minimum atomic E-state index is -1.15.